The van der Waals surface area contributed by atoms with Gasteiger partial charge in [-0.3, -0.25) is 19.3 Å². The molecule has 1 aliphatic heterocycles. The topological polar surface area (TPSA) is 92.8 Å². The largest absolute Gasteiger partial charge is 0.454 e. The lowest BCUT2D eigenvalue weighted by Crippen LogP contribution is -2.48. The van der Waals surface area contributed by atoms with Gasteiger partial charge in [-0.05, 0) is 59.0 Å². The van der Waals surface area contributed by atoms with Crippen LogP contribution >= 0.6 is 27.5 Å². The number of aryl methyl sites for hydroxylation is 1. The number of anilines is 1. The number of nitrogens with one attached hydrogen (secondary N) is 1. The second-order valence-electron chi connectivity index (χ2n) is 8.64. The predicted molar refractivity (Wildman–Crippen MR) is 135 cm³/mol. The maximum atomic E-state index is 13.2. The Bertz CT molecular complexity index is 1170. The van der Waals surface area contributed by atoms with Crippen molar-refractivity contribution in [2.75, 3.05) is 11.9 Å². The van der Waals surface area contributed by atoms with Crippen molar-refractivity contribution < 1.29 is 23.9 Å². The van der Waals surface area contributed by atoms with E-state index >= 15 is 0 Å². The third kappa shape index (κ3) is 5.49. The lowest BCUT2D eigenvalue weighted by Gasteiger charge is -2.25. The minimum absolute atomic E-state index is 0.104. The molecule has 182 valence electrons. The molecule has 1 fully saturated rings. The summed E-state index contributed by atoms with van der Waals surface area (Å²) in [5, 5.41) is 3.10. The molecule has 1 aliphatic carbocycles. The summed E-state index contributed by atoms with van der Waals surface area (Å²) in [7, 11) is 0. The van der Waals surface area contributed by atoms with Crippen LogP contribution < -0.4 is 5.32 Å². The number of hydrogen-bond acceptors (Lipinski definition) is 5. The highest BCUT2D eigenvalue weighted by Crippen LogP contribution is 2.37. The molecule has 1 heterocycles. The van der Waals surface area contributed by atoms with E-state index < -0.39 is 36.4 Å². The molecule has 0 aromatic heterocycles. The number of amides is 3. The summed E-state index contributed by atoms with van der Waals surface area (Å²) < 4.78 is 6.01. The minimum Gasteiger partial charge on any atom is -0.454 e. The Hall–Kier alpha value is -2.97. The highest BCUT2D eigenvalue weighted by molar-refractivity contribution is 9.10. The molecule has 2 aromatic carbocycles. The smallest absolute Gasteiger partial charge is 0.330 e. The van der Waals surface area contributed by atoms with E-state index in [-0.39, 0.29) is 18.2 Å². The lowest BCUT2D eigenvalue weighted by atomic mass is 9.85. The van der Waals surface area contributed by atoms with Crippen molar-refractivity contribution in [2.45, 2.75) is 32.2 Å². The fourth-order valence-corrected chi connectivity index (χ4v) is 5.07. The quantitative estimate of drug-likeness (QED) is 0.307. The summed E-state index contributed by atoms with van der Waals surface area (Å²) in [6.07, 6.45) is 4.82. The fourth-order valence-electron chi connectivity index (χ4n) is 4.45. The summed E-state index contributed by atoms with van der Waals surface area (Å²) in [6, 6.07) is 11.3. The Kier molecular flexibility index (Phi) is 7.72. The molecule has 35 heavy (non-hydrogen) atoms. The SMILES string of the molecule is Cc1cc(Br)c(Cl)cc1NC(=O)COC(=O)[C@H](Cc1ccccc1)N1C(=O)[C@H]2CC=CC[C@H]2C1=O. The number of nitrogens with zero attached hydrogens (tertiary/aromatic N) is 1. The van der Waals surface area contributed by atoms with Gasteiger partial charge in [-0.2, -0.15) is 0 Å². The van der Waals surface area contributed by atoms with Crippen LogP contribution in [0.15, 0.2) is 59.1 Å². The van der Waals surface area contributed by atoms with Crippen molar-refractivity contribution in [2.24, 2.45) is 11.8 Å². The number of esters is 1. The number of ether oxygens (including phenoxy) is 1. The summed E-state index contributed by atoms with van der Waals surface area (Å²) in [5.41, 5.74) is 2.03. The third-order valence-corrected chi connectivity index (χ3v) is 7.48. The molecule has 0 unspecified atom stereocenters. The number of hydrogen-bond donors (Lipinski definition) is 1. The van der Waals surface area contributed by atoms with Crippen LogP contribution in [0.25, 0.3) is 0 Å². The van der Waals surface area contributed by atoms with Crippen LogP contribution in [0.4, 0.5) is 5.69 Å². The molecule has 9 heteroatoms. The molecule has 1 saturated heterocycles. The Morgan fingerprint density at radius 3 is 2.37 bits per heavy atom. The summed E-state index contributed by atoms with van der Waals surface area (Å²) in [5.74, 6) is -3.03. The molecular formula is C26H24BrClN2O5. The van der Waals surface area contributed by atoms with Gasteiger partial charge >= 0.3 is 5.97 Å². The van der Waals surface area contributed by atoms with Gasteiger partial charge in [0, 0.05) is 16.6 Å². The number of carbonyl (C=O) groups excluding carboxylic acids is 4. The molecular weight excluding hydrogens is 536 g/mol. The monoisotopic (exact) mass is 558 g/mol. The summed E-state index contributed by atoms with van der Waals surface area (Å²) in [4.78, 5) is 53.0. The van der Waals surface area contributed by atoms with Gasteiger partial charge in [0.15, 0.2) is 6.61 Å². The number of carbonyl (C=O) groups is 4. The normalized spacial score (nSPS) is 19.9. The Morgan fingerprint density at radius 2 is 1.74 bits per heavy atom. The predicted octanol–water partition coefficient (Wildman–Crippen LogP) is 4.46. The van der Waals surface area contributed by atoms with Crippen LogP contribution in [-0.2, 0) is 30.3 Å². The highest BCUT2D eigenvalue weighted by atomic mass is 79.9. The summed E-state index contributed by atoms with van der Waals surface area (Å²) >= 11 is 9.44. The molecule has 4 rings (SSSR count). The first-order valence-corrected chi connectivity index (χ1v) is 12.4. The first-order valence-electron chi connectivity index (χ1n) is 11.2. The van der Waals surface area contributed by atoms with Crippen LogP contribution in [0.5, 0.6) is 0 Å². The van der Waals surface area contributed by atoms with E-state index in [9.17, 15) is 19.2 Å². The first kappa shape index (κ1) is 25.1. The fraction of sp³-hybridized carbons (Fsp3) is 0.308. The first-order chi connectivity index (χ1) is 16.8. The van der Waals surface area contributed by atoms with Crippen molar-refractivity contribution >= 4 is 56.9 Å². The molecule has 0 radical (unpaired) electrons. The Labute approximate surface area is 216 Å². The average Bonchev–Trinajstić information content (AvgIpc) is 3.10. The second kappa shape index (κ2) is 10.7. The van der Waals surface area contributed by atoms with Crippen LogP contribution in [-0.4, -0.2) is 41.2 Å². The van der Waals surface area contributed by atoms with Crippen molar-refractivity contribution in [3.63, 3.8) is 0 Å². The van der Waals surface area contributed by atoms with Gasteiger partial charge in [0.2, 0.25) is 11.8 Å². The number of allylic oxidation sites excluding steroid dienone is 2. The van der Waals surface area contributed by atoms with Crippen molar-refractivity contribution in [3.05, 3.63) is 75.2 Å². The van der Waals surface area contributed by atoms with Crippen LogP contribution in [0.1, 0.15) is 24.0 Å². The van der Waals surface area contributed by atoms with Crippen LogP contribution in [0.3, 0.4) is 0 Å². The highest BCUT2D eigenvalue weighted by Gasteiger charge is 2.51. The zero-order valence-corrected chi connectivity index (χ0v) is 21.3. The second-order valence-corrected chi connectivity index (χ2v) is 9.91. The van der Waals surface area contributed by atoms with E-state index in [4.69, 9.17) is 16.3 Å². The van der Waals surface area contributed by atoms with Gasteiger partial charge in [0.1, 0.15) is 6.04 Å². The Balaban J connectivity index is 1.49. The standard InChI is InChI=1S/C26H24BrClN2O5/c1-15-11-19(27)20(28)13-21(15)29-23(31)14-35-26(34)22(12-16-7-3-2-4-8-16)30-24(32)17-9-5-6-10-18(17)25(30)33/h2-8,11,13,17-18,22H,9-10,12,14H2,1H3,(H,29,31)/t17-,18+,22-/m0/s1. The molecule has 1 N–H and O–H groups in total. The van der Waals surface area contributed by atoms with E-state index in [1.807, 2.05) is 42.5 Å². The van der Waals surface area contributed by atoms with Gasteiger partial charge in [-0.15, -0.1) is 0 Å². The van der Waals surface area contributed by atoms with E-state index in [2.05, 4.69) is 21.2 Å². The van der Waals surface area contributed by atoms with Gasteiger partial charge in [0.25, 0.3) is 5.91 Å². The van der Waals surface area contributed by atoms with E-state index in [1.165, 1.54) is 0 Å². The number of rotatable bonds is 7. The van der Waals surface area contributed by atoms with Gasteiger partial charge in [-0.25, -0.2) is 4.79 Å². The number of halogens is 2. The van der Waals surface area contributed by atoms with Crippen molar-refractivity contribution in [3.8, 4) is 0 Å². The van der Waals surface area contributed by atoms with Gasteiger partial charge < -0.3 is 10.1 Å². The average molecular weight is 560 g/mol. The van der Waals surface area contributed by atoms with Gasteiger partial charge in [0.05, 0.1) is 16.9 Å². The number of likely N-dealkylation sites (tertiary alicyclic amines) is 1. The minimum atomic E-state index is -1.15. The zero-order chi connectivity index (χ0) is 25.1. The van der Waals surface area contributed by atoms with E-state index in [0.717, 1.165) is 16.0 Å². The molecule has 2 aromatic rings. The maximum Gasteiger partial charge on any atom is 0.330 e. The number of fused-ring (bicyclic) bond motifs is 1. The number of benzene rings is 2. The molecule has 3 amide bonds. The third-order valence-electron chi connectivity index (χ3n) is 6.28. The molecule has 0 saturated carbocycles. The molecule has 2 aliphatic rings. The maximum absolute atomic E-state index is 13.2. The van der Waals surface area contributed by atoms with Crippen molar-refractivity contribution in [1.82, 2.24) is 4.90 Å². The molecule has 0 spiro atoms. The van der Waals surface area contributed by atoms with E-state index in [1.54, 1.807) is 19.1 Å². The Morgan fingerprint density at radius 1 is 1.11 bits per heavy atom. The number of imide groups is 1. The molecule has 3 atom stereocenters. The molecule has 0 bridgehead atoms. The van der Waals surface area contributed by atoms with E-state index in [0.29, 0.717) is 28.0 Å². The summed E-state index contributed by atoms with van der Waals surface area (Å²) in [6.45, 7) is 1.24. The van der Waals surface area contributed by atoms with Crippen LogP contribution in [0.2, 0.25) is 5.02 Å². The van der Waals surface area contributed by atoms with Gasteiger partial charge in [-0.1, -0.05) is 54.1 Å². The molecule has 7 nitrogen and oxygen atoms in total. The van der Waals surface area contributed by atoms with Crippen molar-refractivity contribution in [1.29, 1.82) is 0 Å². The van der Waals surface area contributed by atoms with Crippen LogP contribution in [0, 0.1) is 18.8 Å². The zero-order valence-electron chi connectivity index (χ0n) is 19.0. The lowest BCUT2D eigenvalue weighted by molar-refractivity contribution is -0.159.